The molecule has 17 heavy (non-hydrogen) atoms. The van der Waals surface area contributed by atoms with Gasteiger partial charge in [0.2, 0.25) is 0 Å². The van der Waals surface area contributed by atoms with Gasteiger partial charge < -0.3 is 0 Å². The van der Waals surface area contributed by atoms with Gasteiger partial charge in [-0.15, -0.1) is 0 Å². The fourth-order valence-electron chi connectivity index (χ4n) is 1.44. The second-order valence-electron chi connectivity index (χ2n) is 4.08. The predicted molar refractivity (Wildman–Crippen MR) is 78.1 cm³/mol. The van der Waals surface area contributed by atoms with Gasteiger partial charge in [-0.3, -0.25) is 0 Å². The molecular formula is C13H19NOS2. The van der Waals surface area contributed by atoms with E-state index in [0.717, 1.165) is 11.3 Å². The smallest absolute Gasteiger partial charge is 0.172 e. The highest BCUT2D eigenvalue weighted by Crippen LogP contribution is 2.15. The summed E-state index contributed by atoms with van der Waals surface area (Å²) in [5.74, 6) is 0.366. The zero-order valence-electron chi connectivity index (χ0n) is 10.5. The lowest BCUT2D eigenvalue weighted by Crippen LogP contribution is -2.05. The molecule has 0 saturated heterocycles. The summed E-state index contributed by atoms with van der Waals surface area (Å²) in [6, 6.07) is 9.34. The maximum atomic E-state index is 11.8. The molecule has 0 saturated carbocycles. The summed E-state index contributed by atoms with van der Waals surface area (Å²) in [6.45, 7) is 4.31. The van der Waals surface area contributed by atoms with Gasteiger partial charge in [0.1, 0.15) is 0 Å². The van der Waals surface area contributed by atoms with Crippen LogP contribution in [0.15, 0.2) is 39.6 Å². The zero-order valence-corrected chi connectivity index (χ0v) is 12.1. The van der Waals surface area contributed by atoms with Crippen LogP contribution in [0.2, 0.25) is 0 Å². The summed E-state index contributed by atoms with van der Waals surface area (Å²) in [5.41, 5.74) is 0. The molecule has 1 aromatic rings. The zero-order chi connectivity index (χ0) is 12.7. The van der Waals surface area contributed by atoms with Gasteiger partial charge in [-0.05, 0) is 30.7 Å². The Morgan fingerprint density at radius 2 is 2.00 bits per heavy atom. The third-order valence-corrected chi connectivity index (χ3v) is 4.45. The molecule has 0 aliphatic rings. The van der Waals surface area contributed by atoms with Gasteiger partial charge in [0.25, 0.3) is 0 Å². The molecular weight excluding hydrogens is 250 g/mol. The predicted octanol–water partition coefficient (Wildman–Crippen LogP) is 3.56. The average Bonchev–Trinajstić information content (AvgIpc) is 2.36. The molecule has 0 aliphatic heterocycles. The Kier molecular flexibility index (Phi) is 6.52. The van der Waals surface area contributed by atoms with Crippen molar-refractivity contribution in [2.45, 2.75) is 30.4 Å². The van der Waals surface area contributed by atoms with Crippen LogP contribution in [-0.4, -0.2) is 21.9 Å². The highest BCUT2D eigenvalue weighted by atomic mass is 32.2. The fraction of sp³-hybridized carbons (Fsp3) is 0.462. The summed E-state index contributed by atoms with van der Waals surface area (Å²) in [4.78, 5) is 0.758. The normalized spacial score (nSPS) is 16.9. The Hall–Kier alpha value is -0.610. The van der Waals surface area contributed by atoms with Crippen LogP contribution < -0.4 is 0 Å². The molecule has 0 aromatic heterocycles. The largest absolute Gasteiger partial charge is 0.230 e. The molecule has 0 N–H and O–H groups in total. The van der Waals surface area contributed by atoms with E-state index in [-0.39, 0.29) is 0 Å². The van der Waals surface area contributed by atoms with E-state index in [2.05, 4.69) is 24.5 Å². The molecule has 0 aliphatic carbocycles. The van der Waals surface area contributed by atoms with Crippen molar-refractivity contribution < 1.29 is 4.21 Å². The summed E-state index contributed by atoms with van der Waals surface area (Å²) in [5, 5.41) is 0.613. The van der Waals surface area contributed by atoms with E-state index in [4.69, 9.17) is 0 Å². The van der Waals surface area contributed by atoms with Gasteiger partial charge >= 0.3 is 0 Å². The first kappa shape index (κ1) is 14.5. The minimum Gasteiger partial charge on any atom is -0.230 e. The van der Waals surface area contributed by atoms with E-state index >= 15 is 0 Å². The maximum absolute atomic E-state index is 11.8. The molecule has 0 amide bonds. The highest BCUT2D eigenvalue weighted by Gasteiger charge is 2.06. The van der Waals surface area contributed by atoms with Crippen molar-refractivity contribution in [3.05, 3.63) is 30.3 Å². The average molecular weight is 269 g/mol. The molecule has 0 bridgehead atoms. The minimum absolute atomic E-state index is 0.366. The molecule has 0 radical (unpaired) electrons. The molecule has 4 heteroatoms. The van der Waals surface area contributed by atoms with Crippen LogP contribution >= 0.6 is 11.8 Å². The quantitative estimate of drug-likeness (QED) is 0.739. The SMILES string of the molecule is CS[C@@H](C)CC(C)C=NS(=O)c1ccccc1. The van der Waals surface area contributed by atoms with Gasteiger partial charge in [-0.1, -0.05) is 32.0 Å². The van der Waals surface area contributed by atoms with E-state index in [0.29, 0.717) is 11.2 Å². The van der Waals surface area contributed by atoms with Gasteiger partial charge in [0.15, 0.2) is 11.0 Å². The third kappa shape index (κ3) is 5.50. The van der Waals surface area contributed by atoms with Crippen LogP contribution in [0.25, 0.3) is 0 Å². The van der Waals surface area contributed by atoms with Crippen molar-refractivity contribution in [1.82, 2.24) is 0 Å². The first-order valence-corrected chi connectivity index (χ1v) is 8.07. The minimum atomic E-state index is -1.26. The number of hydrogen-bond donors (Lipinski definition) is 0. The first-order valence-electron chi connectivity index (χ1n) is 5.67. The molecule has 2 nitrogen and oxygen atoms in total. The van der Waals surface area contributed by atoms with E-state index < -0.39 is 11.0 Å². The number of nitrogens with zero attached hydrogens (tertiary/aromatic N) is 1. The Bertz CT molecular complexity index is 378. The van der Waals surface area contributed by atoms with Crippen LogP contribution in [0, 0.1) is 5.92 Å². The summed E-state index contributed by atoms with van der Waals surface area (Å²) < 4.78 is 15.9. The Balaban J connectivity index is 2.51. The molecule has 0 spiro atoms. The monoisotopic (exact) mass is 269 g/mol. The molecule has 3 atom stereocenters. The van der Waals surface area contributed by atoms with Crippen LogP contribution in [0.5, 0.6) is 0 Å². The number of thioether (sulfide) groups is 1. The Morgan fingerprint density at radius 3 is 2.59 bits per heavy atom. The summed E-state index contributed by atoms with van der Waals surface area (Å²) in [6.07, 6.45) is 4.99. The van der Waals surface area contributed by atoms with Crippen LogP contribution in [-0.2, 0) is 11.0 Å². The van der Waals surface area contributed by atoms with E-state index in [9.17, 15) is 4.21 Å². The maximum Gasteiger partial charge on any atom is 0.172 e. The highest BCUT2D eigenvalue weighted by molar-refractivity contribution is 7.99. The summed E-state index contributed by atoms with van der Waals surface area (Å²) >= 11 is 1.85. The molecule has 94 valence electrons. The van der Waals surface area contributed by atoms with Crippen molar-refractivity contribution in [3.63, 3.8) is 0 Å². The first-order chi connectivity index (χ1) is 8.13. The molecule has 1 aromatic carbocycles. The van der Waals surface area contributed by atoms with Crippen molar-refractivity contribution in [2.24, 2.45) is 10.3 Å². The van der Waals surface area contributed by atoms with Crippen LogP contribution in [0.1, 0.15) is 20.3 Å². The lowest BCUT2D eigenvalue weighted by atomic mass is 10.1. The second kappa shape index (κ2) is 7.67. The van der Waals surface area contributed by atoms with E-state index in [1.807, 2.05) is 48.3 Å². The van der Waals surface area contributed by atoms with Gasteiger partial charge in [0, 0.05) is 11.5 Å². The molecule has 1 rings (SSSR count). The molecule has 0 heterocycles. The van der Waals surface area contributed by atoms with E-state index in [1.165, 1.54) is 0 Å². The van der Waals surface area contributed by atoms with E-state index in [1.54, 1.807) is 0 Å². The lowest BCUT2D eigenvalue weighted by Gasteiger charge is -2.10. The topological polar surface area (TPSA) is 29.4 Å². The molecule has 2 unspecified atom stereocenters. The van der Waals surface area contributed by atoms with Gasteiger partial charge in [-0.2, -0.15) is 16.2 Å². The third-order valence-electron chi connectivity index (χ3n) is 2.46. The standard InChI is InChI=1S/C13H19NOS2/c1-11(9-12(2)16-3)10-14-17(15)13-7-5-4-6-8-13/h4-8,10-12H,9H2,1-3H3/t11?,12-,17?/m0/s1. The fourth-order valence-corrected chi connectivity index (χ4v) is 2.76. The number of benzene rings is 1. The van der Waals surface area contributed by atoms with Crippen LogP contribution in [0.4, 0.5) is 0 Å². The second-order valence-corrected chi connectivity index (χ2v) is 6.53. The van der Waals surface area contributed by atoms with Crippen molar-refractivity contribution in [1.29, 1.82) is 0 Å². The van der Waals surface area contributed by atoms with Crippen molar-refractivity contribution in [2.75, 3.05) is 6.26 Å². The van der Waals surface area contributed by atoms with Crippen molar-refractivity contribution in [3.8, 4) is 0 Å². The van der Waals surface area contributed by atoms with Gasteiger partial charge in [0.05, 0.1) is 4.90 Å². The summed E-state index contributed by atoms with van der Waals surface area (Å²) in [7, 11) is -1.26. The van der Waals surface area contributed by atoms with Crippen molar-refractivity contribution >= 4 is 29.0 Å². The molecule has 0 fully saturated rings. The number of hydrogen-bond acceptors (Lipinski definition) is 2. The number of rotatable bonds is 6. The Labute approximate surface area is 111 Å². The van der Waals surface area contributed by atoms with Gasteiger partial charge in [-0.25, -0.2) is 4.21 Å². The van der Waals surface area contributed by atoms with Crippen LogP contribution in [0.3, 0.4) is 0 Å². The lowest BCUT2D eigenvalue weighted by molar-refractivity contribution is 0.679. The Morgan fingerprint density at radius 1 is 1.35 bits per heavy atom.